The smallest absolute Gasteiger partial charge is 0.258 e. The second-order valence-corrected chi connectivity index (χ2v) is 5.62. The number of halogens is 2. The lowest BCUT2D eigenvalue weighted by atomic mass is 10.2. The van der Waals surface area contributed by atoms with Crippen molar-refractivity contribution in [2.24, 2.45) is 0 Å². The fourth-order valence-electron chi connectivity index (χ4n) is 1.82. The summed E-state index contributed by atoms with van der Waals surface area (Å²) >= 11 is 7.15. The molecule has 3 aromatic rings. The van der Waals surface area contributed by atoms with Gasteiger partial charge in [0.15, 0.2) is 5.13 Å². The number of hydrogen-bond acceptors (Lipinski definition) is 4. The quantitative estimate of drug-likeness (QED) is 0.779. The minimum Gasteiger partial charge on any atom is -0.298 e. The Kier molecular flexibility index (Phi) is 4.13. The van der Waals surface area contributed by atoms with Gasteiger partial charge in [-0.15, -0.1) is 11.3 Å². The largest absolute Gasteiger partial charge is 0.298 e. The number of thiazole rings is 1. The fourth-order valence-corrected chi connectivity index (χ4v) is 2.78. The molecule has 4 nitrogen and oxygen atoms in total. The summed E-state index contributed by atoms with van der Waals surface area (Å²) in [4.78, 5) is 20.5. The van der Waals surface area contributed by atoms with Gasteiger partial charge in [-0.05, 0) is 30.3 Å². The highest BCUT2D eigenvalue weighted by Gasteiger charge is 2.13. The van der Waals surface area contributed by atoms with Gasteiger partial charge in [-0.3, -0.25) is 15.1 Å². The third-order valence-electron chi connectivity index (χ3n) is 2.86. The Morgan fingerprint density at radius 1 is 1.32 bits per heavy atom. The first-order valence-electron chi connectivity index (χ1n) is 6.26. The van der Waals surface area contributed by atoms with Crippen LogP contribution in [-0.4, -0.2) is 15.9 Å². The molecule has 0 aliphatic rings. The van der Waals surface area contributed by atoms with Crippen molar-refractivity contribution in [3.8, 4) is 11.3 Å². The van der Waals surface area contributed by atoms with E-state index in [1.807, 2.05) is 17.5 Å². The van der Waals surface area contributed by atoms with Crippen LogP contribution < -0.4 is 5.32 Å². The van der Waals surface area contributed by atoms with Crippen LogP contribution in [0.25, 0.3) is 11.3 Å². The van der Waals surface area contributed by atoms with Crippen molar-refractivity contribution in [1.82, 2.24) is 9.97 Å². The normalized spacial score (nSPS) is 10.5. The highest BCUT2D eigenvalue weighted by Crippen LogP contribution is 2.25. The molecule has 1 N–H and O–H groups in total. The molecule has 0 unspecified atom stereocenters. The van der Waals surface area contributed by atoms with E-state index >= 15 is 0 Å². The molecule has 0 saturated carbocycles. The van der Waals surface area contributed by atoms with E-state index in [1.165, 1.54) is 23.5 Å². The molecule has 0 spiro atoms. The molecule has 3 rings (SSSR count). The Balaban J connectivity index is 1.79. The van der Waals surface area contributed by atoms with Crippen molar-refractivity contribution >= 4 is 34.0 Å². The second kappa shape index (κ2) is 6.21. The predicted octanol–water partition coefficient (Wildman–Crippen LogP) is 4.25. The number of nitrogens with zero attached hydrogens (tertiary/aromatic N) is 2. The molecule has 2 aromatic heterocycles. The molecular formula is C15H9ClFN3OS. The summed E-state index contributed by atoms with van der Waals surface area (Å²) in [5.41, 5.74) is 1.78. The zero-order valence-corrected chi connectivity index (χ0v) is 12.7. The number of hydrogen-bond donors (Lipinski definition) is 1. The van der Waals surface area contributed by atoms with Crippen LogP contribution in [0.15, 0.2) is 48.1 Å². The molecule has 1 aromatic carbocycles. The van der Waals surface area contributed by atoms with Crippen LogP contribution in [0.3, 0.4) is 0 Å². The molecule has 0 atom stereocenters. The van der Waals surface area contributed by atoms with Crippen molar-refractivity contribution < 1.29 is 9.18 Å². The molecule has 0 fully saturated rings. The summed E-state index contributed by atoms with van der Waals surface area (Å²) in [6.45, 7) is 0. The van der Waals surface area contributed by atoms with E-state index < -0.39 is 11.7 Å². The Labute approximate surface area is 134 Å². The number of anilines is 1. The number of carbonyl (C=O) groups excluding carboxylic acids is 1. The van der Waals surface area contributed by atoms with Crippen molar-refractivity contribution in [2.45, 2.75) is 0 Å². The lowest BCUT2D eigenvalue weighted by Crippen LogP contribution is -2.12. The van der Waals surface area contributed by atoms with E-state index in [1.54, 1.807) is 12.4 Å². The Morgan fingerprint density at radius 2 is 2.18 bits per heavy atom. The maximum Gasteiger partial charge on any atom is 0.258 e. The first kappa shape index (κ1) is 14.6. The van der Waals surface area contributed by atoms with Crippen molar-refractivity contribution in [1.29, 1.82) is 0 Å². The van der Waals surface area contributed by atoms with Gasteiger partial charge >= 0.3 is 0 Å². The van der Waals surface area contributed by atoms with Gasteiger partial charge in [-0.25, -0.2) is 9.37 Å². The molecule has 0 saturated heterocycles. The van der Waals surface area contributed by atoms with Crippen LogP contribution in [0.4, 0.5) is 9.52 Å². The minimum absolute atomic E-state index is 0.0570. The highest BCUT2D eigenvalue weighted by atomic mass is 35.5. The van der Waals surface area contributed by atoms with Crippen LogP contribution in [-0.2, 0) is 0 Å². The average Bonchev–Trinajstić information content (AvgIpc) is 2.96. The summed E-state index contributed by atoms with van der Waals surface area (Å²) in [6.07, 6.45) is 3.37. The zero-order chi connectivity index (χ0) is 15.5. The maximum atomic E-state index is 13.0. The highest BCUT2D eigenvalue weighted by molar-refractivity contribution is 7.14. The Hall–Kier alpha value is -2.31. The van der Waals surface area contributed by atoms with Gasteiger partial charge in [0.2, 0.25) is 0 Å². The van der Waals surface area contributed by atoms with Crippen molar-refractivity contribution in [2.75, 3.05) is 5.32 Å². The third-order valence-corrected chi connectivity index (χ3v) is 3.93. The molecule has 2 heterocycles. The number of carbonyl (C=O) groups is 1. The van der Waals surface area contributed by atoms with E-state index in [4.69, 9.17) is 11.6 Å². The number of nitrogens with one attached hydrogen (secondary N) is 1. The minimum atomic E-state index is -0.491. The lowest BCUT2D eigenvalue weighted by molar-refractivity contribution is 0.102. The van der Waals surface area contributed by atoms with Crippen molar-refractivity contribution in [3.63, 3.8) is 0 Å². The van der Waals surface area contributed by atoms with E-state index in [-0.39, 0.29) is 10.6 Å². The summed E-state index contributed by atoms with van der Waals surface area (Å²) in [5, 5.41) is 4.96. The van der Waals surface area contributed by atoms with Gasteiger partial charge in [-0.1, -0.05) is 11.6 Å². The van der Waals surface area contributed by atoms with E-state index in [9.17, 15) is 9.18 Å². The summed E-state index contributed by atoms with van der Waals surface area (Å²) < 4.78 is 13.0. The maximum absolute atomic E-state index is 13.0. The van der Waals surface area contributed by atoms with Crippen LogP contribution in [0.5, 0.6) is 0 Å². The van der Waals surface area contributed by atoms with E-state index in [0.29, 0.717) is 5.13 Å². The SMILES string of the molecule is O=C(Nc1nc(-c2cccnc2)cs1)c1ccc(F)cc1Cl. The molecule has 7 heteroatoms. The second-order valence-electron chi connectivity index (χ2n) is 4.36. The van der Waals surface area contributed by atoms with E-state index in [0.717, 1.165) is 17.3 Å². The van der Waals surface area contributed by atoms with Crippen LogP contribution in [0.1, 0.15) is 10.4 Å². The lowest BCUT2D eigenvalue weighted by Gasteiger charge is -2.03. The van der Waals surface area contributed by atoms with Gasteiger partial charge in [0.05, 0.1) is 16.3 Å². The van der Waals surface area contributed by atoms with Gasteiger partial charge < -0.3 is 0 Å². The fraction of sp³-hybridized carbons (Fsp3) is 0. The average molecular weight is 334 g/mol. The molecular weight excluding hydrogens is 325 g/mol. The number of aromatic nitrogens is 2. The van der Waals surface area contributed by atoms with E-state index in [2.05, 4.69) is 15.3 Å². The summed E-state index contributed by atoms with van der Waals surface area (Å²) in [5.74, 6) is -0.924. The monoisotopic (exact) mass is 333 g/mol. The van der Waals surface area contributed by atoms with Gasteiger partial charge in [0.1, 0.15) is 5.82 Å². The first-order valence-corrected chi connectivity index (χ1v) is 7.51. The predicted molar refractivity (Wildman–Crippen MR) is 84.7 cm³/mol. The molecule has 0 radical (unpaired) electrons. The zero-order valence-electron chi connectivity index (χ0n) is 11.1. The molecule has 0 aliphatic heterocycles. The topological polar surface area (TPSA) is 54.9 Å². The van der Waals surface area contributed by atoms with Crippen LogP contribution >= 0.6 is 22.9 Å². The van der Waals surface area contributed by atoms with Gasteiger partial charge in [0, 0.05) is 23.3 Å². The van der Waals surface area contributed by atoms with Crippen LogP contribution in [0.2, 0.25) is 5.02 Å². The van der Waals surface area contributed by atoms with Crippen molar-refractivity contribution in [3.05, 3.63) is 64.5 Å². The summed E-state index contributed by atoms with van der Waals surface area (Å²) in [7, 11) is 0. The molecule has 110 valence electrons. The third kappa shape index (κ3) is 3.13. The number of amides is 1. The van der Waals surface area contributed by atoms with Crippen LogP contribution in [0, 0.1) is 5.82 Å². The van der Waals surface area contributed by atoms with Gasteiger partial charge in [0.25, 0.3) is 5.91 Å². The van der Waals surface area contributed by atoms with Gasteiger partial charge in [-0.2, -0.15) is 0 Å². The molecule has 0 aliphatic carbocycles. The Morgan fingerprint density at radius 3 is 2.91 bits per heavy atom. The molecule has 22 heavy (non-hydrogen) atoms. The standard InChI is InChI=1S/C15H9ClFN3OS/c16-12-6-10(17)3-4-11(12)14(21)20-15-19-13(8-22-15)9-2-1-5-18-7-9/h1-8H,(H,19,20,21). The Bertz CT molecular complexity index is 823. The number of rotatable bonds is 3. The molecule has 0 bridgehead atoms. The summed E-state index contributed by atoms with van der Waals surface area (Å²) in [6, 6.07) is 7.31. The number of pyridine rings is 1. The molecule has 1 amide bonds. The number of benzene rings is 1. The first-order chi connectivity index (χ1) is 10.6.